The number of halogens is 1. The average molecular weight is 304 g/mol. The molecule has 2 rings (SSSR count). The maximum Gasteiger partial charge on any atom is 0.132 e. The molecule has 78 valence electrons. The largest absolute Gasteiger partial charge is 0.377 e. The molecule has 0 saturated heterocycles. The van der Waals surface area contributed by atoms with Gasteiger partial charge in [-0.25, -0.2) is 0 Å². The van der Waals surface area contributed by atoms with E-state index in [1.165, 1.54) is 6.42 Å². The van der Waals surface area contributed by atoms with Crippen LogP contribution in [-0.2, 0) is 0 Å². The van der Waals surface area contributed by atoms with Gasteiger partial charge in [-0.15, -0.1) is 0 Å². The highest BCUT2D eigenvalue weighted by Gasteiger charge is 2.68. The Labute approximate surface area is 99.8 Å². The fraction of sp³-hybridized carbons (Fsp3) is 0.833. The molecule has 0 aromatic heterocycles. The molecule has 1 N–H and O–H groups in total. The van der Waals surface area contributed by atoms with Crippen LogP contribution in [0.3, 0.4) is 0 Å². The molecule has 0 heterocycles. The molecule has 3 unspecified atom stereocenters. The van der Waals surface area contributed by atoms with Crippen LogP contribution in [0.15, 0.2) is 0 Å². The van der Waals surface area contributed by atoms with Crippen molar-refractivity contribution in [3.05, 3.63) is 0 Å². The van der Waals surface area contributed by atoms with Crippen molar-refractivity contribution in [1.82, 2.24) is 0 Å². The molecule has 2 heteroatoms. The molecule has 0 aliphatic heterocycles. The Hall–Kier alpha value is 0.250. The first-order valence-electron chi connectivity index (χ1n) is 5.22. The Kier molecular flexibility index (Phi) is 2.22. The van der Waals surface area contributed by atoms with Crippen molar-refractivity contribution < 1.29 is 5.11 Å². The second-order valence-electron chi connectivity index (χ2n) is 5.57. The van der Waals surface area contributed by atoms with Gasteiger partial charge in [-0.2, -0.15) is 0 Å². The molecule has 14 heavy (non-hydrogen) atoms. The van der Waals surface area contributed by atoms with E-state index >= 15 is 0 Å². The van der Waals surface area contributed by atoms with Crippen molar-refractivity contribution in [2.45, 2.75) is 45.6 Å². The summed E-state index contributed by atoms with van der Waals surface area (Å²) < 4.78 is 2.87. The first-order valence-corrected chi connectivity index (χ1v) is 6.30. The van der Waals surface area contributed by atoms with Crippen LogP contribution in [0.25, 0.3) is 0 Å². The van der Waals surface area contributed by atoms with Gasteiger partial charge in [-0.1, -0.05) is 26.7 Å². The highest BCUT2D eigenvalue weighted by molar-refractivity contribution is 14.1. The van der Waals surface area contributed by atoms with Crippen molar-refractivity contribution in [3.63, 3.8) is 0 Å². The number of rotatable bonds is 0. The minimum Gasteiger partial charge on any atom is -0.377 e. The second kappa shape index (κ2) is 2.89. The lowest BCUT2D eigenvalue weighted by atomic mass is 9.65. The summed E-state index contributed by atoms with van der Waals surface area (Å²) in [6, 6.07) is 0. The molecule has 2 saturated carbocycles. The van der Waals surface area contributed by atoms with Gasteiger partial charge >= 0.3 is 0 Å². The SMILES string of the molecule is CC1(C)C2CCC1(C)C(O)(C#CI)C2. The summed E-state index contributed by atoms with van der Waals surface area (Å²) in [7, 11) is 0. The van der Waals surface area contributed by atoms with Gasteiger partial charge in [0.2, 0.25) is 0 Å². The summed E-state index contributed by atoms with van der Waals surface area (Å²) in [5.74, 6) is 3.69. The highest BCUT2D eigenvalue weighted by Crippen LogP contribution is 2.69. The van der Waals surface area contributed by atoms with Crippen LogP contribution >= 0.6 is 22.6 Å². The van der Waals surface area contributed by atoms with Gasteiger partial charge in [0.25, 0.3) is 0 Å². The van der Waals surface area contributed by atoms with E-state index in [0.717, 1.165) is 12.8 Å². The molecule has 0 amide bonds. The zero-order valence-electron chi connectivity index (χ0n) is 9.02. The van der Waals surface area contributed by atoms with Crippen molar-refractivity contribution in [2.24, 2.45) is 16.7 Å². The Balaban J connectivity index is 2.48. The standard InChI is InChI=1S/C12H17IO/c1-10(2)9-4-5-11(10,3)12(14,8-9)6-7-13/h9,14H,4-5,8H2,1-3H3. The smallest absolute Gasteiger partial charge is 0.132 e. The zero-order valence-corrected chi connectivity index (χ0v) is 11.2. The second-order valence-corrected chi connectivity index (χ2v) is 6.11. The first-order chi connectivity index (χ1) is 6.37. The van der Waals surface area contributed by atoms with Crippen LogP contribution in [0.5, 0.6) is 0 Å². The predicted molar refractivity (Wildman–Crippen MR) is 66.0 cm³/mol. The molecule has 2 aliphatic carbocycles. The molecule has 2 fully saturated rings. The Bertz CT molecular complexity index is 325. The van der Waals surface area contributed by atoms with Gasteiger partial charge in [-0.3, -0.25) is 0 Å². The molecular formula is C12H17IO. The molecule has 0 aromatic rings. The zero-order chi connectivity index (χ0) is 10.6. The Morgan fingerprint density at radius 3 is 2.36 bits per heavy atom. The summed E-state index contributed by atoms with van der Waals surface area (Å²) in [6.45, 7) is 6.79. The van der Waals surface area contributed by atoms with Crippen LogP contribution in [0, 0.1) is 26.6 Å². The van der Waals surface area contributed by atoms with Gasteiger partial charge in [-0.05, 0) is 34.5 Å². The van der Waals surface area contributed by atoms with Gasteiger partial charge in [0.05, 0.1) is 0 Å². The topological polar surface area (TPSA) is 20.2 Å². The van der Waals surface area contributed by atoms with Crippen LogP contribution in [0.4, 0.5) is 0 Å². The summed E-state index contributed by atoms with van der Waals surface area (Å²) in [5.41, 5.74) is -0.508. The van der Waals surface area contributed by atoms with Gasteiger partial charge < -0.3 is 5.11 Å². The summed E-state index contributed by atoms with van der Waals surface area (Å²) >= 11 is 2.03. The van der Waals surface area contributed by atoms with E-state index in [4.69, 9.17) is 0 Å². The van der Waals surface area contributed by atoms with Crippen LogP contribution in [-0.4, -0.2) is 10.7 Å². The molecule has 0 radical (unpaired) electrons. The fourth-order valence-corrected chi connectivity index (χ4v) is 3.99. The lowest BCUT2D eigenvalue weighted by Gasteiger charge is -2.42. The fourth-order valence-electron chi connectivity index (χ4n) is 3.54. The quantitative estimate of drug-likeness (QED) is 0.539. The Morgan fingerprint density at radius 2 is 2.00 bits per heavy atom. The van der Waals surface area contributed by atoms with Gasteiger partial charge in [0.15, 0.2) is 0 Å². The average Bonchev–Trinajstić information content (AvgIpc) is 2.36. The van der Waals surface area contributed by atoms with Crippen molar-refractivity contribution in [1.29, 1.82) is 0 Å². The van der Waals surface area contributed by atoms with Crippen molar-refractivity contribution in [2.75, 3.05) is 0 Å². The molecule has 3 atom stereocenters. The summed E-state index contributed by atoms with van der Waals surface area (Å²) in [6.07, 6.45) is 3.24. The van der Waals surface area contributed by atoms with E-state index < -0.39 is 5.60 Å². The molecule has 0 aromatic carbocycles. The van der Waals surface area contributed by atoms with Crippen LogP contribution in [0.1, 0.15) is 40.0 Å². The van der Waals surface area contributed by atoms with Crippen molar-refractivity contribution >= 4 is 22.6 Å². The van der Waals surface area contributed by atoms with Gasteiger partial charge in [0.1, 0.15) is 5.60 Å². The third-order valence-corrected chi connectivity index (χ3v) is 5.41. The molecule has 2 bridgehead atoms. The van der Waals surface area contributed by atoms with E-state index in [1.807, 2.05) is 22.6 Å². The number of hydrogen-bond acceptors (Lipinski definition) is 1. The summed E-state index contributed by atoms with van der Waals surface area (Å²) in [5, 5.41) is 10.6. The van der Waals surface area contributed by atoms with Gasteiger partial charge in [0, 0.05) is 28.0 Å². The third kappa shape index (κ3) is 1.01. The monoisotopic (exact) mass is 304 g/mol. The Morgan fingerprint density at radius 1 is 1.36 bits per heavy atom. The van der Waals surface area contributed by atoms with E-state index in [2.05, 4.69) is 30.6 Å². The molecular weight excluding hydrogens is 287 g/mol. The molecule has 0 spiro atoms. The maximum atomic E-state index is 10.6. The third-order valence-electron chi connectivity index (χ3n) is 5.14. The molecule has 2 aliphatic rings. The van der Waals surface area contributed by atoms with Crippen molar-refractivity contribution in [3.8, 4) is 9.85 Å². The number of hydrogen-bond donors (Lipinski definition) is 1. The number of fused-ring (bicyclic) bond motifs is 2. The molecule has 1 nitrogen and oxygen atoms in total. The van der Waals surface area contributed by atoms with E-state index in [-0.39, 0.29) is 10.8 Å². The van der Waals surface area contributed by atoms with E-state index in [0.29, 0.717) is 5.92 Å². The normalized spacial score (nSPS) is 48.8. The predicted octanol–water partition coefficient (Wildman–Crippen LogP) is 2.96. The first kappa shape index (κ1) is 10.8. The lowest BCUT2D eigenvalue weighted by Crippen LogP contribution is -2.46. The highest BCUT2D eigenvalue weighted by atomic mass is 127. The lowest BCUT2D eigenvalue weighted by molar-refractivity contribution is -0.0431. The summed E-state index contributed by atoms with van der Waals surface area (Å²) in [4.78, 5) is 0. The minimum absolute atomic E-state index is 0.0111. The maximum absolute atomic E-state index is 10.6. The van der Waals surface area contributed by atoms with Crippen LogP contribution < -0.4 is 0 Å². The van der Waals surface area contributed by atoms with E-state index in [1.54, 1.807) is 0 Å². The van der Waals surface area contributed by atoms with E-state index in [9.17, 15) is 5.11 Å². The number of aliphatic hydroxyl groups is 1. The minimum atomic E-state index is -0.736. The van der Waals surface area contributed by atoms with Crippen LogP contribution in [0.2, 0.25) is 0 Å².